The first-order chi connectivity index (χ1) is 9.34. The van der Waals surface area contributed by atoms with Crippen molar-refractivity contribution in [2.75, 3.05) is 6.54 Å². The van der Waals surface area contributed by atoms with Gasteiger partial charge in [0.2, 0.25) is 5.91 Å². The van der Waals surface area contributed by atoms with Gasteiger partial charge in [-0.3, -0.25) is 4.79 Å². The summed E-state index contributed by atoms with van der Waals surface area (Å²) in [5, 5.41) is 4.74. The molecule has 1 rings (SSSR count). The smallest absolute Gasteiger partial charge is 0.356 e. The lowest BCUT2D eigenvalue weighted by Gasteiger charge is -2.14. The van der Waals surface area contributed by atoms with E-state index in [1.54, 1.807) is 6.07 Å². The molecular formula is C13H13F3N2OS. The fourth-order valence-corrected chi connectivity index (χ4v) is 1.80. The van der Waals surface area contributed by atoms with Gasteiger partial charge in [-0.25, -0.2) is 4.99 Å². The molecule has 3 nitrogen and oxygen atoms in total. The number of carbonyl (C=O) groups excluding carboxylic acids is 1. The maximum Gasteiger partial charge on any atom is 0.416 e. The van der Waals surface area contributed by atoms with Crippen LogP contribution in [0, 0.1) is 0 Å². The summed E-state index contributed by atoms with van der Waals surface area (Å²) < 4.78 is 38.0. The Morgan fingerprint density at radius 3 is 2.75 bits per heavy atom. The number of thiocarbonyl (C=S) groups is 1. The first-order valence-electron chi connectivity index (χ1n) is 5.83. The average molecular weight is 302 g/mol. The Kier molecular flexibility index (Phi) is 5.85. The summed E-state index contributed by atoms with van der Waals surface area (Å²) in [6.45, 7) is 1.67. The molecule has 0 bridgehead atoms. The number of hydrogen-bond donors (Lipinski definition) is 1. The van der Waals surface area contributed by atoms with E-state index < -0.39 is 17.8 Å². The first kappa shape index (κ1) is 16.3. The molecule has 1 amide bonds. The molecule has 7 heteroatoms. The second-order valence-corrected chi connectivity index (χ2v) is 4.31. The predicted molar refractivity (Wildman–Crippen MR) is 72.5 cm³/mol. The number of aliphatic imine (C=N–C) groups is 1. The summed E-state index contributed by atoms with van der Waals surface area (Å²) in [5.74, 6) is -0.209. The molecule has 0 aliphatic rings. The van der Waals surface area contributed by atoms with Gasteiger partial charge < -0.3 is 5.32 Å². The number of hydrogen-bond acceptors (Lipinski definition) is 3. The minimum absolute atomic E-state index is 0.209. The number of nitrogens with zero attached hydrogens (tertiary/aromatic N) is 1. The Hall–Kier alpha value is -1.72. The number of benzene rings is 1. The summed E-state index contributed by atoms with van der Waals surface area (Å²) in [4.78, 5) is 14.6. The van der Waals surface area contributed by atoms with Gasteiger partial charge in [0, 0.05) is 13.5 Å². The van der Waals surface area contributed by atoms with Gasteiger partial charge in [-0.05, 0) is 36.3 Å². The number of alkyl halides is 3. The van der Waals surface area contributed by atoms with E-state index in [0.717, 1.165) is 12.1 Å². The number of isothiocyanates is 1. The standard InChI is InChI=1S/C13H13F3N2OS/c1-9(19)17-6-5-12(18-8-20)10-3-2-4-11(7-10)13(14,15)16/h2-4,7,12H,5-6H2,1H3,(H,17,19). The quantitative estimate of drug-likeness (QED) is 0.669. The molecular weight excluding hydrogens is 289 g/mol. The number of carbonyl (C=O) groups is 1. The van der Waals surface area contributed by atoms with E-state index in [1.807, 2.05) is 0 Å². The largest absolute Gasteiger partial charge is 0.416 e. The Bertz CT molecular complexity index is 525. The molecule has 108 valence electrons. The van der Waals surface area contributed by atoms with Crippen LogP contribution in [0.15, 0.2) is 29.3 Å². The molecule has 0 saturated heterocycles. The number of halogens is 3. The van der Waals surface area contributed by atoms with Crippen molar-refractivity contribution in [3.05, 3.63) is 35.4 Å². The zero-order valence-corrected chi connectivity index (χ0v) is 11.5. The Balaban J connectivity index is 2.91. The van der Waals surface area contributed by atoms with Crippen LogP contribution in [0.2, 0.25) is 0 Å². The van der Waals surface area contributed by atoms with E-state index in [4.69, 9.17) is 0 Å². The molecule has 0 spiro atoms. The van der Waals surface area contributed by atoms with Crippen molar-refractivity contribution in [3.63, 3.8) is 0 Å². The van der Waals surface area contributed by atoms with Crippen molar-refractivity contribution in [3.8, 4) is 0 Å². The van der Waals surface area contributed by atoms with Crippen LogP contribution < -0.4 is 5.32 Å². The van der Waals surface area contributed by atoms with Crippen molar-refractivity contribution >= 4 is 23.3 Å². The average Bonchev–Trinajstić information content (AvgIpc) is 2.36. The third kappa shape index (κ3) is 5.11. The highest BCUT2D eigenvalue weighted by molar-refractivity contribution is 7.78. The first-order valence-corrected chi connectivity index (χ1v) is 6.24. The van der Waals surface area contributed by atoms with E-state index >= 15 is 0 Å². The molecule has 1 N–H and O–H groups in total. The van der Waals surface area contributed by atoms with E-state index in [1.165, 1.54) is 13.0 Å². The Morgan fingerprint density at radius 2 is 2.20 bits per heavy atom. The molecule has 0 saturated carbocycles. The van der Waals surface area contributed by atoms with Gasteiger partial charge in [0.15, 0.2) is 0 Å². The van der Waals surface area contributed by atoms with Crippen molar-refractivity contribution in [1.29, 1.82) is 0 Å². The van der Waals surface area contributed by atoms with Gasteiger partial charge in [0.1, 0.15) is 0 Å². The molecule has 0 radical (unpaired) electrons. The van der Waals surface area contributed by atoms with Crippen LogP contribution >= 0.6 is 12.2 Å². The normalized spacial score (nSPS) is 12.4. The third-order valence-electron chi connectivity index (χ3n) is 2.60. The van der Waals surface area contributed by atoms with Crippen molar-refractivity contribution in [2.24, 2.45) is 4.99 Å². The van der Waals surface area contributed by atoms with E-state index in [-0.39, 0.29) is 5.91 Å². The van der Waals surface area contributed by atoms with Crippen LogP contribution in [-0.2, 0) is 11.0 Å². The van der Waals surface area contributed by atoms with Gasteiger partial charge in [-0.2, -0.15) is 13.2 Å². The van der Waals surface area contributed by atoms with Gasteiger partial charge in [0.05, 0.1) is 16.8 Å². The van der Waals surface area contributed by atoms with E-state index in [9.17, 15) is 18.0 Å². The fourth-order valence-electron chi connectivity index (χ4n) is 1.68. The summed E-state index contributed by atoms with van der Waals surface area (Å²) in [6.07, 6.45) is -4.05. The summed E-state index contributed by atoms with van der Waals surface area (Å²) in [5.41, 5.74) is -0.346. The molecule has 1 atom stereocenters. The predicted octanol–water partition coefficient (Wildman–Crippen LogP) is 3.38. The molecule has 0 heterocycles. The molecule has 1 aromatic rings. The molecule has 0 fully saturated rings. The lowest BCUT2D eigenvalue weighted by Crippen LogP contribution is -2.22. The molecule has 0 aromatic heterocycles. The van der Waals surface area contributed by atoms with Crippen LogP contribution in [0.3, 0.4) is 0 Å². The minimum atomic E-state index is -4.40. The second-order valence-electron chi connectivity index (χ2n) is 4.13. The number of amides is 1. The van der Waals surface area contributed by atoms with Crippen molar-refractivity contribution in [1.82, 2.24) is 5.32 Å². The SMILES string of the molecule is CC(=O)NCCC(N=C=S)c1cccc(C(F)(F)F)c1. The van der Waals surface area contributed by atoms with Crippen LogP contribution in [0.4, 0.5) is 13.2 Å². The van der Waals surface area contributed by atoms with Crippen molar-refractivity contribution in [2.45, 2.75) is 25.6 Å². The van der Waals surface area contributed by atoms with E-state index in [0.29, 0.717) is 18.5 Å². The highest BCUT2D eigenvalue weighted by Gasteiger charge is 2.30. The molecule has 1 aromatic carbocycles. The van der Waals surface area contributed by atoms with E-state index in [2.05, 4.69) is 27.7 Å². The summed E-state index contributed by atoms with van der Waals surface area (Å²) >= 11 is 4.51. The van der Waals surface area contributed by atoms with Gasteiger partial charge in [-0.15, -0.1) is 0 Å². The number of nitrogens with one attached hydrogen (secondary N) is 1. The maximum atomic E-state index is 12.7. The minimum Gasteiger partial charge on any atom is -0.356 e. The van der Waals surface area contributed by atoms with Gasteiger partial charge >= 0.3 is 6.18 Å². The Labute approximate surface area is 119 Å². The Morgan fingerprint density at radius 1 is 1.50 bits per heavy atom. The van der Waals surface area contributed by atoms with Crippen molar-refractivity contribution < 1.29 is 18.0 Å². The summed E-state index contributed by atoms with van der Waals surface area (Å²) in [6, 6.07) is 4.35. The molecule has 1 unspecified atom stereocenters. The zero-order chi connectivity index (χ0) is 15.2. The molecule has 0 aliphatic carbocycles. The van der Waals surface area contributed by atoms with Crippen LogP contribution in [-0.4, -0.2) is 17.6 Å². The van der Waals surface area contributed by atoms with Gasteiger partial charge in [-0.1, -0.05) is 12.1 Å². The zero-order valence-electron chi connectivity index (χ0n) is 10.7. The highest BCUT2D eigenvalue weighted by atomic mass is 32.1. The molecule has 20 heavy (non-hydrogen) atoms. The number of rotatable bonds is 5. The summed E-state index contributed by atoms with van der Waals surface area (Å²) in [7, 11) is 0. The second kappa shape index (κ2) is 7.17. The van der Waals surface area contributed by atoms with Crippen LogP contribution in [0.25, 0.3) is 0 Å². The fraction of sp³-hybridized carbons (Fsp3) is 0.385. The third-order valence-corrected chi connectivity index (χ3v) is 2.70. The molecule has 0 aliphatic heterocycles. The van der Waals surface area contributed by atoms with Gasteiger partial charge in [0.25, 0.3) is 0 Å². The highest BCUT2D eigenvalue weighted by Crippen LogP contribution is 2.32. The lowest BCUT2D eigenvalue weighted by atomic mass is 10.0. The monoisotopic (exact) mass is 302 g/mol. The van der Waals surface area contributed by atoms with Crippen LogP contribution in [0.5, 0.6) is 0 Å². The topological polar surface area (TPSA) is 41.5 Å². The van der Waals surface area contributed by atoms with Crippen LogP contribution in [0.1, 0.15) is 30.5 Å². The lowest BCUT2D eigenvalue weighted by molar-refractivity contribution is -0.137. The maximum absolute atomic E-state index is 12.7.